The minimum atomic E-state index is -0.806. The number of benzene rings is 1. The van der Waals surface area contributed by atoms with Gasteiger partial charge in [-0.3, -0.25) is 4.79 Å². The number of nitrogens with zero attached hydrogens (tertiary/aromatic N) is 2. The minimum absolute atomic E-state index is 0.0778. The third-order valence-electron chi connectivity index (χ3n) is 5.02. The molecule has 4 N–H and O–H groups in total. The molecule has 9 nitrogen and oxygen atoms in total. The normalized spacial score (nSPS) is 14.9. The number of aromatic nitrogens is 1. The predicted octanol–water partition coefficient (Wildman–Crippen LogP) is 2.51. The van der Waals surface area contributed by atoms with Gasteiger partial charge in [-0.05, 0) is 17.7 Å². The predicted molar refractivity (Wildman–Crippen MR) is 114 cm³/mol. The molecule has 31 heavy (non-hydrogen) atoms. The van der Waals surface area contributed by atoms with Crippen LogP contribution in [0.15, 0.2) is 40.5 Å². The van der Waals surface area contributed by atoms with Crippen molar-refractivity contribution in [3.8, 4) is 17.9 Å². The summed E-state index contributed by atoms with van der Waals surface area (Å²) >= 11 is 1.24. The Balaban J connectivity index is 2.00. The Morgan fingerprint density at radius 2 is 2.00 bits per heavy atom. The number of hydrogen-bond donors (Lipinski definition) is 3. The molecule has 0 aliphatic carbocycles. The van der Waals surface area contributed by atoms with Crippen molar-refractivity contribution in [1.82, 2.24) is 4.98 Å². The van der Waals surface area contributed by atoms with Gasteiger partial charge in [-0.1, -0.05) is 12.1 Å². The van der Waals surface area contributed by atoms with Gasteiger partial charge in [0.25, 0.3) is 5.56 Å². The van der Waals surface area contributed by atoms with Crippen molar-refractivity contribution in [2.75, 3.05) is 19.5 Å². The summed E-state index contributed by atoms with van der Waals surface area (Å²) < 4.78 is 11.0. The van der Waals surface area contributed by atoms with Gasteiger partial charge in [0.15, 0.2) is 5.75 Å². The summed E-state index contributed by atoms with van der Waals surface area (Å²) in [6.45, 7) is 0. The highest BCUT2D eigenvalue weighted by atomic mass is 32.1. The molecule has 0 radical (unpaired) electrons. The van der Waals surface area contributed by atoms with Gasteiger partial charge in [0, 0.05) is 7.05 Å². The number of hydrogen-bond acceptors (Lipinski definition) is 9. The molecule has 1 aliphatic rings. The van der Waals surface area contributed by atoms with Gasteiger partial charge in [0.05, 0.1) is 34.4 Å². The smallest absolute Gasteiger partial charge is 0.337 e. The van der Waals surface area contributed by atoms with E-state index in [0.29, 0.717) is 31.9 Å². The van der Waals surface area contributed by atoms with E-state index in [1.165, 1.54) is 18.4 Å². The van der Waals surface area contributed by atoms with E-state index < -0.39 is 17.4 Å². The molecule has 0 saturated carbocycles. The highest BCUT2D eigenvalue weighted by Gasteiger charge is 2.36. The molecule has 2 aromatic heterocycles. The molecule has 1 atom stereocenters. The fourth-order valence-electron chi connectivity index (χ4n) is 3.60. The molecule has 10 heteroatoms. The summed E-state index contributed by atoms with van der Waals surface area (Å²) in [4.78, 5) is 27.6. The van der Waals surface area contributed by atoms with Crippen molar-refractivity contribution in [3.05, 3.63) is 68.3 Å². The lowest BCUT2D eigenvalue weighted by atomic mass is 9.84. The number of anilines is 1. The van der Waals surface area contributed by atoms with Crippen LogP contribution in [0, 0.1) is 22.7 Å². The van der Waals surface area contributed by atoms with Crippen molar-refractivity contribution in [1.29, 1.82) is 10.5 Å². The summed E-state index contributed by atoms with van der Waals surface area (Å²) in [7, 11) is 2.95. The van der Waals surface area contributed by atoms with Crippen LogP contribution in [0.5, 0.6) is 5.75 Å². The first-order chi connectivity index (χ1) is 14.9. The molecule has 0 amide bonds. The highest BCUT2D eigenvalue weighted by Crippen LogP contribution is 2.47. The molecule has 3 heterocycles. The molecule has 1 aromatic carbocycles. The molecule has 0 spiro atoms. The first-order valence-corrected chi connectivity index (χ1v) is 9.83. The Bertz CT molecular complexity index is 1400. The maximum atomic E-state index is 13.1. The topological polar surface area (TPSA) is 154 Å². The summed E-state index contributed by atoms with van der Waals surface area (Å²) in [5.74, 6) is -1.22. The van der Waals surface area contributed by atoms with Crippen LogP contribution in [-0.2, 0) is 4.74 Å². The Labute approximate surface area is 179 Å². The summed E-state index contributed by atoms with van der Waals surface area (Å²) in [5, 5.41) is 22.8. The monoisotopic (exact) mass is 433 g/mol. The number of ether oxygens (including phenoxy) is 2. The second kappa shape index (κ2) is 7.52. The molecular weight excluding hydrogens is 418 g/mol. The van der Waals surface area contributed by atoms with Gasteiger partial charge in [0.1, 0.15) is 28.3 Å². The van der Waals surface area contributed by atoms with Gasteiger partial charge in [0.2, 0.25) is 5.88 Å². The van der Waals surface area contributed by atoms with E-state index in [4.69, 9.17) is 15.2 Å². The molecule has 0 fully saturated rings. The number of nitrogens with one attached hydrogen (secondary N) is 2. The van der Waals surface area contributed by atoms with Crippen molar-refractivity contribution in [2.45, 2.75) is 5.92 Å². The van der Waals surface area contributed by atoms with Crippen molar-refractivity contribution in [3.63, 3.8) is 0 Å². The number of allylic oxidation sites excluding steroid dienone is 1. The van der Waals surface area contributed by atoms with E-state index in [0.717, 1.165) is 0 Å². The number of aromatic amines is 1. The second-order valence-corrected chi connectivity index (χ2v) is 7.63. The molecule has 0 saturated heterocycles. The van der Waals surface area contributed by atoms with Gasteiger partial charge < -0.3 is 25.5 Å². The van der Waals surface area contributed by atoms with Gasteiger partial charge in [-0.25, -0.2) is 4.79 Å². The van der Waals surface area contributed by atoms with Crippen molar-refractivity contribution < 1.29 is 14.3 Å². The number of methoxy groups -OCH3 is 1. The van der Waals surface area contributed by atoms with Gasteiger partial charge >= 0.3 is 5.97 Å². The van der Waals surface area contributed by atoms with Crippen LogP contribution in [0.3, 0.4) is 0 Å². The molecule has 3 aromatic rings. The summed E-state index contributed by atoms with van der Waals surface area (Å²) in [6, 6.07) is 10.5. The molecule has 154 valence electrons. The number of pyridine rings is 1. The number of carbonyl (C=O) groups excluding carboxylic acids is 1. The molecule has 1 aliphatic heterocycles. The number of thiophene rings is 1. The van der Waals surface area contributed by atoms with Crippen molar-refractivity contribution in [2.24, 2.45) is 5.73 Å². The Morgan fingerprint density at radius 1 is 1.29 bits per heavy atom. The number of fused-ring (bicyclic) bond motifs is 3. The number of carbonyl (C=O) groups is 1. The number of H-pyrrole nitrogens is 1. The summed E-state index contributed by atoms with van der Waals surface area (Å²) in [5.41, 5.74) is 7.38. The number of nitriles is 2. The average Bonchev–Trinajstić information content (AvgIpc) is 3.15. The Hall–Kier alpha value is -4.28. The maximum absolute atomic E-state index is 13.1. The van der Waals surface area contributed by atoms with E-state index >= 15 is 0 Å². The number of esters is 1. The number of rotatable bonds is 3. The lowest BCUT2D eigenvalue weighted by Gasteiger charge is -2.26. The zero-order chi connectivity index (χ0) is 22.3. The third kappa shape index (κ3) is 2.98. The second-order valence-electron chi connectivity index (χ2n) is 6.61. The van der Waals surface area contributed by atoms with E-state index in [1.54, 1.807) is 31.3 Å². The largest absolute Gasteiger partial charge is 0.465 e. The molecular formula is C21H15N5O4S. The van der Waals surface area contributed by atoms with Crippen LogP contribution in [0.25, 0.3) is 10.2 Å². The third-order valence-corrected chi connectivity index (χ3v) is 6.23. The van der Waals surface area contributed by atoms with Crippen LogP contribution in [-0.4, -0.2) is 25.1 Å². The zero-order valence-electron chi connectivity index (χ0n) is 16.4. The highest BCUT2D eigenvalue weighted by molar-refractivity contribution is 7.23. The molecule has 0 bridgehead atoms. The van der Waals surface area contributed by atoms with Crippen LogP contribution in [0.2, 0.25) is 0 Å². The standard InChI is InChI=1S/C21H15N5O4S/c1-25-20-12(8-23)15-17(31-20)16-14(19(27)26-15)13(11(7-22)18(24)30-16)9-3-5-10(6-4-9)21(28)29-2/h3-6,13,25H,24H2,1-2H3,(H,26,27)/t13-/m0/s1. The first kappa shape index (κ1) is 20.0. The lowest BCUT2D eigenvalue weighted by Crippen LogP contribution is -2.27. The Kier molecular flexibility index (Phi) is 4.85. The molecule has 4 rings (SSSR count). The Morgan fingerprint density at radius 3 is 2.58 bits per heavy atom. The van der Waals surface area contributed by atoms with Gasteiger partial charge in [-0.2, -0.15) is 10.5 Å². The zero-order valence-corrected chi connectivity index (χ0v) is 17.2. The van der Waals surface area contributed by atoms with Crippen molar-refractivity contribution >= 4 is 32.5 Å². The molecule has 0 unspecified atom stereocenters. The minimum Gasteiger partial charge on any atom is -0.465 e. The fraction of sp³-hybridized carbons (Fsp3) is 0.143. The van der Waals surface area contributed by atoms with E-state index in [1.807, 2.05) is 6.07 Å². The quantitative estimate of drug-likeness (QED) is 0.532. The summed E-state index contributed by atoms with van der Waals surface area (Å²) in [6.07, 6.45) is 0. The van der Waals surface area contributed by atoms with Crippen LogP contribution >= 0.6 is 11.3 Å². The van der Waals surface area contributed by atoms with Crippen LogP contribution in [0.4, 0.5) is 5.00 Å². The number of nitrogens with two attached hydrogens (primary N) is 1. The first-order valence-electron chi connectivity index (χ1n) is 9.01. The van der Waals surface area contributed by atoms with Gasteiger partial charge in [-0.15, -0.1) is 11.3 Å². The maximum Gasteiger partial charge on any atom is 0.337 e. The van der Waals surface area contributed by atoms with E-state index in [-0.39, 0.29) is 22.8 Å². The van der Waals surface area contributed by atoms with E-state index in [9.17, 15) is 20.1 Å². The van der Waals surface area contributed by atoms with Crippen LogP contribution < -0.4 is 21.3 Å². The average molecular weight is 433 g/mol. The lowest BCUT2D eigenvalue weighted by molar-refractivity contribution is 0.0600. The van der Waals surface area contributed by atoms with E-state index in [2.05, 4.69) is 16.4 Å². The fourth-order valence-corrected chi connectivity index (χ4v) is 4.65. The SMILES string of the molecule is CNc1sc2c3c(c(=O)[nH]c2c1C#N)[C@@H](c1ccc(C(=O)OC)cc1)C(C#N)=C(N)O3. The van der Waals surface area contributed by atoms with Crippen LogP contribution in [0.1, 0.15) is 33.0 Å².